The minimum atomic E-state index is -0.643. The van der Waals surface area contributed by atoms with Gasteiger partial charge in [-0.2, -0.15) is 0 Å². The summed E-state index contributed by atoms with van der Waals surface area (Å²) in [5, 5.41) is 3.39. The topological polar surface area (TPSA) is 62.0 Å². The van der Waals surface area contributed by atoms with E-state index < -0.39 is 11.7 Å². The minimum absolute atomic E-state index is 0.421. The third-order valence-electron chi connectivity index (χ3n) is 3.43. The first kappa shape index (κ1) is 14.5. The van der Waals surface area contributed by atoms with Crippen LogP contribution in [0.5, 0.6) is 0 Å². The van der Waals surface area contributed by atoms with Gasteiger partial charge in [-0.15, -0.1) is 0 Å². The lowest BCUT2D eigenvalue weighted by molar-refractivity contribution is -0.112. The molecular formula is C17H13BrN2O2. The summed E-state index contributed by atoms with van der Waals surface area (Å²) in [7, 11) is 0. The van der Waals surface area contributed by atoms with E-state index in [0.29, 0.717) is 16.9 Å². The van der Waals surface area contributed by atoms with Crippen molar-refractivity contribution in [2.45, 2.75) is 6.92 Å². The highest BCUT2D eigenvalue weighted by molar-refractivity contribution is 9.10. The molecule has 0 saturated carbocycles. The first-order valence-corrected chi connectivity index (χ1v) is 7.54. The molecule has 0 aliphatic rings. The summed E-state index contributed by atoms with van der Waals surface area (Å²) in [6, 6.07) is 14.5. The molecule has 0 radical (unpaired) electrons. The molecule has 2 N–H and O–H groups in total. The fourth-order valence-corrected chi connectivity index (χ4v) is 2.67. The fraction of sp³-hybridized carbons (Fsp3) is 0.0588. The van der Waals surface area contributed by atoms with Crippen molar-refractivity contribution in [1.29, 1.82) is 0 Å². The van der Waals surface area contributed by atoms with E-state index in [4.69, 9.17) is 0 Å². The van der Waals surface area contributed by atoms with Crippen LogP contribution in [0.3, 0.4) is 0 Å². The zero-order chi connectivity index (χ0) is 15.7. The second kappa shape index (κ2) is 5.77. The lowest BCUT2D eigenvalue weighted by Gasteiger charge is -2.05. The van der Waals surface area contributed by atoms with Crippen LogP contribution in [-0.2, 0) is 4.79 Å². The predicted octanol–water partition coefficient (Wildman–Crippen LogP) is 4.06. The molecule has 0 atom stereocenters. The molecule has 22 heavy (non-hydrogen) atoms. The number of aryl methyl sites for hydroxylation is 1. The summed E-state index contributed by atoms with van der Waals surface area (Å²) in [4.78, 5) is 27.8. The number of rotatable bonds is 3. The van der Waals surface area contributed by atoms with Crippen molar-refractivity contribution in [3.05, 3.63) is 64.3 Å². The molecule has 1 aromatic heterocycles. The number of halogens is 1. The van der Waals surface area contributed by atoms with Gasteiger partial charge in [0.25, 0.3) is 11.7 Å². The molecule has 0 bridgehead atoms. The van der Waals surface area contributed by atoms with Gasteiger partial charge in [0.1, 0.15) is 0 Å². The van der Waals surface area contributed by atoms with Crippen molar-refractivity contribution in [3.8, 4) is 0 Å². The number of hydrogen-bond acceptors (Lipinski definition) is 2. The Balaban J connectivity index is 1.90. The summed E-state index contributed by atoms with van der Waals surface area (Å²) < 4.78 is 0.907. The zero-order valence-electron chi connectivity index (χ0n) is 11.8. The second-order valence-electron chi connectivity index (χ2n) is 4.96. The van der Waals surface area contributed by atoms with E-state index in [2.05, 4.69) is 26.2 Å². The Morgan fingerprint density at radius 2 is 1.73 bits per heavy atom. The van der Waals surface area contributed by atoms with Gasteiger partial charge < -0.3 is 10.3 Å². The van der Waals surface area contributed by atoms with Crippen molar-refractivity contribution < 1.29 is 9.59 Å². The number of anilines is 1. The van der Waals surface area contributed by atoms with E-state index in [-0.39, 0.29) is 0 Å². The summed E-state index contributed by atoms with van der Waals surface area (Å²) in [5.74, 6) is -1.19. The summed E-state index contributed by atoms with van der Waals surface area (Å²) in [6.45, 7) is 1.79. The number of ketones is 1. The maximum atomic E-state index is 12.5. The number of hydrogen-bond donors (Lipinski definition) is 2. The Kier molecular flexibility index (Phi) is 3.81. The lowest BCUT2D eigenvalue weighted by Crippen LogP contribution is -2.23. The number of para-hydroxylation sites is 1. The van der Waals surface area contributed by atoms with Gasteiger partial charge in [0, 0.05) is 26.8 Å². The second-order valence-corrected chi connectivity index (χ2v) is 5.88. The number of Topliss-reactive ketones (excluding diaryl/α,β-unsaturated/α-hetero) is 1. The SMILES string of the molecule is Cc1[nH]c2ccccc2c1C(=O)C(=O)Nc1ccc(Br)cc1. The van der Waals surface area contributed by atoms with E-state index in [0.717, 1.165) is 15.4 Å². The molecule has 3 rings (SSSR count). The molecule has 0 spiro atoms. The summed E-state index contributed by atoms with van der Waals surface area (Å²) >= 11 is 3.32. The molecule has 3 aromatic rings. The maximum Gasteiger partial charge on any atom is 0.296 e. The highest BCUT2D eigenvalue weighted by Crippen LogP contribution is 2.23. The molecule has 0 aliphatic carbocycles. The number of nitrogens with one attached hydrogen (secondary N) is 2. The Hall–Kier alpha value is -2.40. The molecule has 2 aromatic carbocycles. The van der Waals surface area contributed by atoms with Crippen molar-refractivity contribution in [3.63, 3.8) is 0 Å². The highest BCUT2D eigenvalue weighted by Gasteiger charge is 2.22. The third kappa shape index (κ3) is 2.67. The maximum absolute atomic E-state index is 12.5. The summed E-state index contributed by atoms with van der Waals surface area (Å²) in [5.41, 5.74) is 2.54. The first-order valence-electron chi connectivity index (χ1n) is 6.75. The van der Waals surface area contributed by atoms with E-state index in [9.17, 15) is 9.59 Å². The Morgan fingerprint density at radius 1 is 1.05 bits per heavy atom. The van der Waals surface area contributed by atoms with Crippen molar-refractivity contribution in [2.24, 2.45) is 0 Å². The van der Waals surface area contributed by atoms with Crippen LogP contribution in [0.1, 0.15) is 16.1 Å². The largest absolute Gasteiger partial charge is 0.358 e. The van der Waals surface area contributed by atoms with E-state index in [1.165, 1.54) is 0 Å². The van der Waals surface area contributed by atoms with E-state index >= 15 is 0 Å². The molecular weight excluding hydrogens is 344 g/mol. The van der Waals surface area contributed by atoms with Gasteiger partial charge in [-0.3, -0.25) is 9.59 Å². The van der Waals surface area contributed by atoms with Gasteiger partial charge in [0.05, 0.1) is 5.56 Å². The standard InChI is InChI=1S/C17H13BrN2O2/c1-10-15(13-4-2-3-5-14(13)19-10)16(21)17(22)20-12-8-6-11(18)7-9-12/h2-9,19H,1H3,(H,20,22). The molecule has 4 nitrogen and oxygen atoms in total. The lowest BCUT2D eigenvalue weighted by atomic mass is 10.1. The van der Waals surface area contributed by atoms with Crippen molar-refractivity contribution in [2.75, 3.05) is 5.32 Å². The van der Waals surface area contributed by atoms with Crippen LogP contribution < -0.4 is 5.32 Å². The Labute approximate surface area is 135 Å². The van der Waals surface area contributed by atoms with Crippen LogP contribution in [0.25, 0.3) is 10.9 Å². The van der Waals surface area contributed by atoms with Gasteiger partial charge in [0.15, 0.2) is 0 Å². The van der Waals surface area contributed by atoms with Crippen LogP contribution >= 0.6 is 15.9 Å². The molecule has 0 saturated heterocycles. The molecule has 0 fully saturated rings. The molecule has 0 unspecified atom stereocenters. The van der Waals surface area contributed by atoms with Crippen molar-refractivity contribution >= 4 is 44.2 Å². The van der Waals surface area contributed by atoms with Crippen LogP contribution in [-0.4, -0.2) is 16.7 Å². The molecule has 5 heteroatoms. The van der Waals surface area contributed by atoms with Crippen LogP contribution in [0.2, 0.25) is 0 Å². The third-order valence-corrected chi connectivity index (χ3v) is 3.96. The zero-order valence-corrected chi connectivity index (χ0v) is 13.4. The molecule has 1 heterocycles. The highest BCUT2D eigenvalue weighted by atomic mass is 79.9. The number of carbonyl (C=O) groups is 2. The average Bonchev–Trinajstić information content (AvgIpc) is 2.84. The number of benzene rings is 2. The number of fused-ring (bicyclic) bond motifs is 1. The normalized spacial score (nSPS) is 10.6. The smallest absolute Gasteiger partial charge is 0.296 e. The molecule has 0 aliphatic heterocycles. The predicted molar refractivity (Wildman–Crippen MR) is 90.1 cm³/mol. The van der Waals surface area contributed by atoms with Crippen molar-refractivity contribution in [1.82, 2.24) is 4.98 Å². The van der Waals surface area contributed by atoms with E-state index in [1.807, 2.05) is 24.3 Å². The monoisotopic (exact) mass is 356 g/mol. The number of carbonyl (C=O) groups excluding carboxylic acids is 2. The number of aromatic nitrogens is 1. The number of aromatic amines is 1. The molecule has 110 valence electrons. The van der Waals surface area contributed by atoms with E-state index in [1.54, 1.807) is 31.2 Å². The van der Waals surface area contributed by atoms with Crippen LogP contribution in [0.4, 0.5) is 5.69 Å². The molecule has 1 amide bonds. The van der Waals surface area contributed by atoms with Gasteiger partial charge in [-0.25, -0.2) is 0 Å². The number of amides is 1. The Bertz CT molecular complexity index is 866. The van der Waals surface area contributed by atoms with Crippen LogP contribution in [0, 0.1) is 6.92 Å². The van der Waals surface area contributed by atoms with Crippen LogP contribution in [0.15, 0.2) is 53.0 Å². The van der Waals surface area contributed by atoms with Gasteiger partial charge >= 0.3 is 0 Å². The average molecular weight is 357 g/mol. The van der Waals surface area contributed by atoms with Gasteiger partial charge in [0.2, 0.25) is 0 Å². The first-order chi connectivity index (χ1) is 10.6. The quantitative estimate of drug-likeness (QED) is 0.549. The fourth-order valence-electron chi connectivity index (χ4n) is 2.40. The number of H-pyrrole nitrogens is 1. The minimum Gasteiger partial charge on any atom is -0.358 e. The Morgan fingerprint density at radius 3 is 2.45 bits per heavy atom. The van der Waals surface area contributed by atoms with Gasteiger partial charge in [-0.1, -0.05) is 34.1 Å². The van der Waals surface area contributed by atoms with Gasteiger partial charge in [-0.05, 0) is 37.3 Å². The summed E-state index contributed by atoms with van der Waals surface area (Å²) in [6.07, 6.45) is 0.